The van der Waals surface area contributed by atoms with Crippen LogP contribution >= 0.6 is 0 Å². The van der Waals surface area contributed by atoms with E-state index < -0.39 is 0 Å². The third-order valence-corrected chi connectivity index (χ3v) is 5.78. The van der Waals surface area contributed by atoms with Gasteiger partial charge in [0.05, 0.1) is 25.5 Å². The van der Waals surface area contributed by atoms with Crippen LogP contribution in [-0.2, 0) is 31.3 Å². The molecule has 27 heavy (non-hydrogen) atoms. The number of aromatic amines is 1. The van der Waals surface area contributed by atoms with Gasteiger partial charge in [-0.15, -0.1) is 10.2 Å². The molecule has 1 atom stereocenters. The fourth-order valence-corrected chi connectivity index (χ4v) is 4.15. The van der Waals surface area contributed by atoms with Gasteiger partial charge in [-0.1, -0.05) is 6.92 Å². The van der Waals surface area contributed by atoms with Crippen LogP contribution in [0.25, 0.3) is 0 Å². The van der Waals surface area contributed by atoms with Crippen molar-refractivity contribution in [1.82, 2.24) is 34.8 Å². The predicted molar refractivity (Wildman–Crippen MR) is 102 cm³/mol. The van der Waals surface area contributed by atoms with E-state index in [1.54, 1.807) is 0 Å². The Labute approximate surface area is 160 Å². The first kappa shape index (κ1) is 18.6. The number of aryl methyl sites for hydroxylation is 1. The van der Waals surface area contributed by atoms with E-state index in [9.17, 15) is 0 Å². The summed E-state index contributed by atoms with van der Waals surface area (Å²) in [5, 5.41) is 16.6. The van der Waals surface area contributed by atoms with Gasteiger partial charge in [-0.05, 0) is 31.9 Å². The highest BCUT2D eigenvalue weighted by atomic mass is 16.5. The Bertz CT molecular complexity index is 734. The molecule has 1 N–H and O–H groups in total. The summed E-state index contributed by atoms with van der Waals surface area (Å²) in [5.41, 5.74) is 2.35. The number of hydrogen-bond acceptors (Lipinski definition) is 6. The SMILES string of the molecule is CCc1cc(CN2CCCC(c3nnc(CN4CCOCC4)n3C)C2)[nH]n1. The van der Waals surface area contributed by atoms with Crippen molar-refractivity contribution in [3.63, 3.8) is 0 Å². The zero-order valence-corrected chi connectivity index (χ0v) is 16.5. The molecule has 2 saturated heterocycles. The lowest BCUT2D eigenvalue weighted by Crippen LogP contribution is -2.36. The van der Waals surface area contributed by atoms with Crippen LogP contribution in [0.5, 0.6) is 0 Å². The minimum Gasteiger partial charge on any atom is -0.379 e. The Morgan fingerprint density at radius 2 is 2.00 bits per heavy atom. The number of hydrogen-bond donors (Lipinski definition) is 1. The van der Waals surface area contributed by atoms with Crippen LogP contribution in [0.3, 0.4) is 0 Å². The Morgan fingerprint density at radius 1 is 1.15 bits per heavy atom. The van der Waals surface area contributed by atoms with Crippen LogP contribution in [0.2, 0.25) is 0 Å². The molecule has 2 fully saturated rings. The summed E-state index contributed by atoms with van der Waals surface area (Å²) in [6.45, 7) is 9.68. The molecular formula is C19H31N7O. The number of H-pyrrole nitrogens is 1. The van der Waals surface area contributed by atoms with Crippen molar-refractivity contribution in [2.75, 3.05) is 39.4 Å². The van der Waals surface area contributed by atoms with Gasteiger partial charge < -0.3 is 9.30 Å². The van der Waals surface area contributed by atoms with Crippen molar-refractivity contribution >= 4 is 0 Å². The van der Waals surface area contributed by atoms with Gasteiger partial charge in [-0.2, -0.15) is 5.10 Å². The minimum absolute atomic E-state index is 0.447. The van der Waals surface area contributed by atoms with E-state index in [0.29, 0.717) is 5.92 Å². The summed E-state index contributed by atoms with van der Waals surface area (Å²) in [7, 11) is 2.12. The van der Waals surface area contributed by atoms with Gasteiger partial charge in [0.2, 0.25) is 0 Å². The van der Waals surface area contributed by atoms with Gasteiger partial charge >= 0.3 is 0 Å². The highest BCUT2D eigenvalue weighted by Crippen LogP contribution is 2.27. The summed E-state index contributed by atoms with van der Waals surface area (Å²) < 4.78 is 7.66. The second-order valence-corrected chi connectivity index (χ2v) is 7.73. The maximum absolute atomic E-state index is 5.44. The standard InChI is InChI=1S/C19H31N7O/c1-3-16-11-17(21-20-16)13-26-6-4-5-15(12-26)19-23-22-18(24(19)2)14-25-7-9-27-10-8-25/h11,15H,3-10,12-14H2,1-2H3,(H,20,21). The van der Waals surface area contributed by atoms with Crippen molar-refractivity contribution in [2.45, 2.75) is 45.2 Å². The van der Waals surface area contributed by atoms with E-state index in [-0.39, 0.29) is 0 Å². The molecule has 8 nitrogen and oxygen atoms in total. The predicted octanol–water partition coefficient (Wildman–Crippen LogP) is 1.31. The number of aromatic nitrogens is 5. The molecule has 1 unspecified atom stereocenters. The number of nitrogens with one attached hydrogen (secondary N) is 1. The van der Waals surface area contributed by atoms with Crippen LogP contribution in [-0.4, -0.2) is 74.2 Å². The number of likely N-dealkylation sites (tertiary alicyclic amines) is 1. The fraction of sp³-hybridized carbons (Fsp3) is 0.737. The highest BCUT2D eigenvalue weighted by Gasteiger charge is 2.26. The Morgan fingerprint density at radius 3 is 2.78 bits per heavy atom. The van der Waals surface area contributed by atoms with Crippen molar-refractivity contribution in [3.8, 4) is 0 Å². The summed E-state index contributed by atoms with van der Waals surface area (Å²) in [5.74, 6) is 2.63. The first-order valence-corrected chi connectivity index (χ1v) is 10.2. The quantitative estimate of drug-likeness (QED) is 0.823. The second-order valence-electron chi connectivity index (χ2n) is 7.73. The van der Waals surface area contributed by atoms with E-state index in [4.69, 9.17) is 4.74 Å². The molecule has 0 spiro atoms. The van der Waals surface area contributed by atoms with Gasteiger partial charge in [0.25, 0.3) is 0 Å². The number of piperidine rings is 1. The van der Waals surface area contributed by atoms with Gasteiger partial charge in [-0.3, -0.25) is 14.9 Å². The summed E-state index contributed by atoms with van der Waals surface area (Å²) in [6, 6.07) is 2.19. The molecule has 2 aliphatic rings. The molecule has 4 heterocycles. The lowest BCUT2D eigenvalue weighted by Gasteiger charge is -2.32. The number of rotatable bonds is 6. The first-order valence-electron chi connectivity index (χ1n) is 10.2. The van der Waals surface area contributed by atoms with Gasteiger partial charge in [0.1, 0.15) is 11.6 Å². The lowest BCUT2D eigenvalue weighted by molar-refractivity contribution is 0.0326. The molecular weight excluding hydrogens is 342 g/mol. The molecule has 0 amide bonds. The molecule has 2 aromatic heterocycles. The third-order valence-electron chi connectivity index (χ3n) is 5.78. The molecule has 148 valence electrons. The number of ether oxygens (including phenoxy) is 1. The topological polar surface area (TPSA) is 75.1 Å². The number of nitrogens with zero attached hydrogens (tertiary/aromatic N) is 6. The first-order chi connectivity index (χ1) is 13.2. The third kappa shape index (κ3) is 4.39. The summed E-state index contributed by atoms with van der Waals surface area (Å²) in [4.78, 5) is 4.91. The van der Waals surface area contributed by atoms with E-state index in [1.165, 1.54) is 18.5 Å². The Kier molecular flexibility index (Phi) is 5.85. The van der Waals surface area contributed by atoms with Crippen LogP contribution < -0.4 is 0 Å². The zero-order chi connectivity index (χ0) is 18.6. The molecule has 0 aliphatic carbocycles. The van der Waals surface area contributed by atoms with Crippen molar-refractivity contribution in [3.05, 3.63) is 29.1 Å². The largest absolute Gasteiger partial charge is 0.379 e. The van der Waals surface area contributed by atoms with Crippen LogP contribution in [0.1, 0.15) is 48.7 Å². The van der Waals surface area contributed by atoms with Gasteiger partial charge in [0.15, 0.2) is 0 Å². The van der Waals surface area contributed by atoms with Crippen LogP contribution in [0.15, 0.2) is 6.07 Å². The van der Waals surface area contributed by atoms with E-state index >= 15 is 0 Å². The highest BCUT2D eigenvalue weighted by molar-refractivity contribution is 5.09. The Hall–Kier alpha value is -1.77. The van der Waals surface area contributed by atoms with Crippen LogP contribution in [0, 0.1) is 0 Å². The van der Waals surface area contributed by atoms with E-state index in [2.05, 4.69) is 54.8 Å². The minimum atomic E-state index is 0.447. The van der Waals surface area contributed by atoms with Crippen LogP contribution in [0.4, 0.5) is 0 Å². The fourth-order valence-electron chi connectivity index (χ4n) is 4.15. The molecule has 4 rings (SSSR count). The van der Waals surface area contributed by atoms with Crippen molar-refractivity contribution in [1.29, 1.82) is 0 Å². The summed E-state index contributed by atoms with van der Waals surface area (Å²) >= 11 is 0. The maximum Gasteiger partial charge on any atom is 0.146 e. The average Bonchev–Trinajstić information content (AvgIpc) is 3.30. The molecule has 0 aromatic carbocycles. The molecule has 0 saturated carbocycles. The van der Waals surface area contributed by atoms with Gasteiger partial charge in [-0.25, -0.2) is 0 Å². The molecule has 0 radical (unpaired) electrons. The van der Waals surface area contributed by atoms with E-state index in [1.807, 2.05) is 0 Å². The molecule has 2 aliphatic heterocycles. The molecule has 0 bridgehead atoms. The van der Waals surface area contributed by atoms with Crippen molar-refractivity contribution < 1.29 is 4.74 Å². The molecule has 2 aromatic rings. The monoisotopic (exact) mass is 373 g/mol. The average molecular weight is 374 g/mol. The van der Waals surface area contributed by atoms with Gasteiger partial charge in [0, 0.05) is 44.8 Å². The van der Waals surface area contributed by atoms with E-state index in [0.717, 1.165) is 76.2 Å². The number of morpholine rings is 1. The second kappa shape index (κ2) is 8.50. The maximum atomic E-state index is 5.44. The smallest absolute Gasteiger partial charge is 0.146 e. The lowest BCUT2D eigenvalue weighted by atomic mass is 9.97. The summed E-state index contributed by atoms with van der Waals surface area (Å²) in [6.07, 6.45) is 3.36. The zero-order valence-electron chi connectivity index (χ0n) is 16.5. The Balaban J connectivity index is 1.39. The molecule has 8 heteroatoms. The van der Waals surface area contributed by atoms with Crippen molar-refractivity contribution in [2.24, 2.45) is 7.05 Å². The normalized spacial score (nSPS) is 22.4.